The Hall–Kier alpha value is -3.25. The van der Waals surface area contributed by atoms with Crippen LogP contribution in [-0.2, 0) is 0 Å². The molecule has 0 unspecified atom stereocenters. The molecule has 0 saturated carbocycles. The maximum atomic E-state index is 13.7. The molecule has 1 aliphatic heterocycles. The Morgan fingerprint density at radius 1 is 0.867 bits per heavy atom. The molecule has 30 heavy (non-hydrogen) atoms. The Labute approximate surface area is 177 Å². The van der Waals surface area contributed by atoms with Crippen molar-refractivity contribution in [3.8, 4) is 11.1 Å². The summed E-state index contributed by atoms with van der Waals surface area (Å²) in [7, 11) is 0. The van der Waals surface area contributed by atoms with Crippen LogP contribution >= 0.6 is 11.3 Å². The highest BCUT2D eigenvalue weighted by atomic mass is 32.1. The van der Waals surface area contributed by atoms with E-state index in [1.165, 1.54) is 22.3 Å². The van der Waals surface area contributed by atoms with Crippen molar-refractivity contribution in [1.82, 2.24) is 14.6 Å². The van der Waals surface area contributed by atoms with Gasteiger partial charge in [0.1, 0.15) is 4.83 Å². The molecule has 5 aromatic rings. The molecule has 6 heteroatoms. The summed E-state index contributed by atoms with van der Waals surface area (Å²) >= 11 is 1.52. The van der Waals surface area contributed by atoms with E-state index in [1.54, 1.807) is 0 Å². The first-order valence-corrected chi connectivity index (χ1v) is 11.2. The van der Waals surface area contributed by atoms with Crippen LogP contribution in [0.3, 0.4) is 0 Å². The average Bonchev–Trinajstić information content (AvgIpc) is 3.24. The van der Waals surface area contributed by atoms with Crippen LogP contribution in [0.5, 0.6) is 0 Å². The van der Waals surface area contributed by atoms with Crippen molar-refractivity contribution in [3.05, 3.63) is 70.3 Å². The molecule has 1 fully saturated rings. The molecule has 0 radical (unpaired) electrons. The number of nitrogens with zero attached hydrogens (tertiary/aromatic N) is 4. The summed E-state index contributed by atoms with van der Waals surface area (Å²) in [4.78, 5) is 21.6. The predicted molar refractivity (Wildman–Crippen MR) is 124 cm³/mol. The van der Waals surface area contributed by atoms with Gasteiger partial charge in [0.15, 0.2) is 11.5 Å². The van der Waals surface area contributed by atoms with E-state index >= 15 is 0 Å². The van der Waals surface area contributed by atoms with Crippen LogP contribution in [0.25, 0.3) is 37.8 Å². The fraction of sp³-hybridized carbons (Fsp3) is 0.208. The molecule has 0 amide bonds. The first-order valence-electron chi connectivity index (χ1n) is 10.3. The molecule has 3 aromatic heterocycles. The highest BCUT2D eigenvalue weighted by Gasteiger charge is 2.21. The number of fused-ring (bicyclic) bond motifs is 4. The monoisotopic (exact) mass is 412 g/mol. The molecule has 0 aliphatic carbocycles. The van der Waals surface area contributed by atoms with Crippen LogP contribution in [0, 0.1) is 0 Å². The van der Waals surface area contributed by atoms with Crippen molar-refractivity contribution in [3.63, 3.8) is 0 Å². The SMILES string of the molecule is O=c1c2c(-c3ccccc3)csc2nc2c3ccccc3c(N3CCCCC3)nn12. The zero-order chi connectivity index (χ0) is 20.1. The lowest BCUT2D eigenvalue weighted by Crippen LogP contribution is -2.32. The molecule has 5 nitrogen and oxygen atoms in total. The molecule has 0 bridgehead atoms. The minimum absolute atomic E-state index is 0.0980. The number of piperidine rings is 1. The normalized spacial score (nSPS) is 14.7. The zero-order valence-electron chi connectivity index (χ0n) is 16.4. The Balaban J connectivity index is 1.70. The van der Waals surface area contributed by atoms with E-state index < -0.39 is 0 Å². The van der Waals surface area contributed by atoms with Gasteiger partial charge in [-0.1, -0.05) is 54.6 Å². The molecule has 1 aliphatic rings. The summed E-state index contributed by atoms with van der Waals surface area (Å²) in [5.41, 5.74) is 2.49. The van der Waals surface area contributed by atoms with Gasteiger partial charge in [0.2, 0.25) is 0 Å². The smallest absolute Gasteiger partial charge is 0.283 e. The van der Waals surface area contributed by atoms with E-state index in [2.05, 4.69) is 11.0 Å². The van der Waals surface area contributed by atoms with Crippen molar-refractivity contribution < 1.29 is 0 Å². The van der Waals surface area contributed by atoms with Crippen molar-refractivity contribution >= 4 is 43.8 Å². The molecule has 148 valence electrons. The quantitative estimate of drug-likeness (QED) is 0.378. The number of hydrogen-bond acceptors (Lipinski definition) is 5. The summed E-state index contributed by atoms with van der Waals surface area (Å²) in [6, 6.07) is 18.2. The lowest BCUT2D eigenvalue weighted by Gasteiger charge is -2.28. The Bertz CT molecular complexity index is 1450. The summed E-state index contributed by atoms with van der Waals surface area (Å²) in [5, 5.41) is 9.58. The average molecular weight is 413 g/mol. The van der Waals surface area contributed by atoms with E-state index in [4.69, 9.17) is 10.1 Å². The highest BCUT2D eigenvalue weighted by Crippen LogP contribution is 2.33. The number of aromatic nitrogens is 3. The molecule has 6 rings (SSSR count). The Morgan fingerprint density at radius 3 is 2.40 bits per heavy atom. The summed E-state index contributed by atoms with van der Waals surface area (Å²) in [5.74, 6) is 0.887. The number of rotatable bonds is 2. The van der Waals surface area contributed by atoms with Gasteiger partial charge in [-0.3, -0.25) is 4.79 Å². The van der Waals surface area contributed by atoms with Crippen molar-refractivity contribution in [1.29, 1.82) is 0 Å². The van der Waals surface area contributed by atoms with E-state index in [-0.39, 0.29) is 5.56 Å². The second-order valence-corrected chi connectivity index (χ2v) is 8.62. The van der Waals surface area contributed by atoms with Gasteiger partial charge in [0.05, 0.1) is 5.39 Å². The molecule has 1 saturated heterocycles. The van der Waals surface area contributed by atoms with Gasteiger partial charge in [-0.25, -0.2) is 4.98 Å². The number of benzene rings is 2. The summed E-state index contributed by atoms with van der Waals surface area (Å²) in [6.45, 7) is 1.95. The molecule has 4 heterocycles. The number of thiophene rings is 1. The number of anilines is 1. The van der Waals surface area contributed by atoms with E-state index in [0.29, 0.717) is 11.0 Å². The fourth-order valence-corrected chi connectivity index (χ4v) is 5.38. The second kappa shape index (κ2) is 6.92. The standard InChI is InChI=1S/C24H20N4OS/c29-24-20-19(16-9-3-1-4-10-16)15-30-23(20)25-21-17-11-5-6-12-18(17)22(26-28(21)24)27-13-7-2-8-14-27/h1,3-6,9-12,15H,2,7-8,13-14H2. The number of hydrogen-bond donors (Lipinski definition) is 0. The van der Waals surface area contributed by atoms with Gasteiger partial charge in [0, 0.05) is 34.8 Å². The van der Waals surface area contributed by atoms with Crippen LogP contribution in [0.2, 0.25) is 0 Å². The lowest BCUT2D eigenvalue weighted by atomic mass is 10.1. The zero-order valence-corrected chi connectivity index (χ0v) is 17.2. The third-order valence-electron chi connectivity index (χ3n) is 5.93. The third kappa shape index (κ3) is 2.64. The van der Waals surface area contributed by atoms with Gasteiger partial charge >= 0.3 is 0 Å². The van der Waals surface area contributed by atoms with Gasteiger partial charge in [-0.05, 0) is 24.8 Å². The molecule has 0 atom stereocenters. The van der Waals surface area contributed by atoms with Gasteiger partial charge in [-0.2, -0.15) is 4.52 Å². The van der Waals surface area contributed by atoms with Crippen LogP contribution in [0.1, 0.15) is 19.3 Å². The van der Waals surface area contributed by atoms with Crippen molar-refractivity contribution in [2.24, 2.45) is 0 Å². The fourth-order valence-electron chi connectivity index (χ4n) is 4.44. The predicted octanol–water partition coefficient (Wildman–Crippen LogP) is 5.11. The van der Waals surface area contributed by atoms with Crippen LogP contribution < -0.4 is 10.5 Å². The molecule has 0 N–H and O–H groups in total. The lowest BCUT2D eigenvalue weighted by molar-refractivity contribution is 0.571. The topological polar surface area (TPSA) is 50.5 Å². The van der Waals surface area contributed by atoms with Crippen LogP contribution in [-0.4, -0.2) is 27.7 Å². The molecule has 0 spiro atoms. The second-order valence-electron chi connectivity index (χ2n) is 7.76. The summed E-state index contributed by atoms with van der Waals surface area (Å²) < 4.78 is 1.52. The maximum Gasteiger partial charge on any atom is 0.283 e. The Kier molecular flexibility index (Phi) is 4.06. The van der Waals surface area contributed by atoms with Gasteiger partial charge < -0.3 is 4.90 Å². The minimum atomic E-state index is -0.0980. The van der Waals surface area contributed by atoms with Crippen LogP contribution in [0.15, 0.2) is 64.8 Å². The molecule has 2 aromatic carbocycles. The maximum absolute atomic E-state index is 13.7. The first-order chi connectivity index (χ1) is 14.8. The molecular weight excluding hydrogens is 392 g/mol. The highest BCUT2D eigenvalue weighted by molar-refractivity contribution is 7.17. The van der Waals surface area contributed by atoms with Gasteiger partial charge in [-0.15, -0.1) is 16.4 Å². The Morgan fingerprint density at radius 2 is 1.60 bits per heavy atom. The van der Waals surface area contributed by atoms with E-state index in [9.17, 15) is 4.79 Å². The largest absolute Gasteiger partial charge is 0.355 e. The van der Waals surface area contributed by atoms with Crippen molar-refractivity contribution in [2.75, 3.05) is 18.0 Å². The summed E-state index contributed by atoms with van der Waals surface area (Å²) in [6.07, 6.45) is 3.56. The molecular formula is C24H20N4OS. The first kappa shape index (κ1) is 17.6. The van der Waals surface area contributed by atoms with E-state index in [0.717, 1.165) is 58.5 Å². The van der Waals surface area contributed by atoms with E-state index in [1.807, 2.05) is 53.9 Å². The van der Waals surface area contributed by atoms with Crippen LogP contribution in [0.4, 0.5) is 5.82 Å². The van der Waals surface area contributed by atoms with Crippen molar-refractivity contribution in [2.45, 2.75) is 19.3 Å². The van der Waals surface area contributed by atoms with Gasteiger partial charge in [0.25, 0.3) is 5.56 Å². The minimum Gasteiger partial charge on any atom is -0.355 e. The third-order valence-corrected chi connectivity index (χ3v) is 6.80.